The Morgan fingerprint density at radius 3 is 2.12 bits per heavy atom. The fourth-order valence-electron chi connectivity index (χ4n) is 2.81. The lowest BCUT2D eigenvalue weighted by molar-refractivity contribution is -0.384. The molecule has 0 saturated heterocycles. The second kappa shape index (κ2) is 13.5. The Hall–Kier alpha value is -3.91. The summed E-state index contributed by atoms with van der Waals surface area (Å²) in [6.07, 6.45) is 3.79. The van der Waals surface area contributed by atoms with Crippen molar-refractivity contribution in [2.24, 2.45) is 5.41 Å². The highest BCUT2D eigenvalue weighted by atomic mass is 16.6. The Kier molecular flexibility index (Phi) is 11.1. The molecule has 0 aliphatic rings. The van der Waals surface area contributed by atoms with E-state index in [2.05, 4.69) is 23.7 Å². The number of rotatable bonds is 9. The molecule has 0 heterocycles. The predicted molar refractivity (Wildman–Crippen MR) is 122 cm³/mol. The number of carbonyl (C=O) groups excluding carboxylic acids is 3. The van der Waals surface area contributed by atoms with Gasteiger partial charge in [-0.3, -0.25) is 24.5 Å². The smallest absolute Gasteiger partial charge is 0.325 e. The van der Waals surface area contributed by atoms with Gasteiger partial charge in [-0.15, -0.1) is 0 Å². The molecule has 1 rings (SSSR count). The number of allylic oxidation sites excluding steroid dienone is 2. The first-order valence-corrected chi connectivity index (χ1v) is 10.3. The maximum Gasteiger partial charge on any atom is 0.325 e. The SMILES string of the molecule is CCCC/C=C(\C#CCC(CC#Cc1ccc([N+](=O)[O-])cc1)(C(=O)OC)C(=O)OC)C(C)=O. The molecule has 0 amide bonds. The summed E-state index contributed by atoms with van der Waals surface area (Å²) in [6.45, 7) is 3.43. The van der Waals surface area contributed by atoms with Crippen LogP contribution >= 0.6 is 0 Å². The molecule has 0 spiro atoms. The van der Waals surface area contributed by atoms with Crippen molar-refractivity contribution in [3.05, 3.63) is 51.6 Å². The van der Waals surface area contributed by atoms with E-state index in [4.69, 9.17) is 9.47 Å². The van der Waals surface area contributed by atoms with Crippen molar-refractivity contribution in [2.45, 2.75) is 46.0 Å². The minimum absolute atomic E-state index is 0.0810. The standard InChI is InChI=1S/C25H27NO7/c1-5-6-7-11-21(19(2)27)12-9-18-25(23(28)32-3,24(29)33-4)17-8-10-20-13-15-22(16-14-20)26(30)31/h11,13-16H,5-7,17-18H2,1-4H3/b21-11+. The Morgan fingerprint density at radius 1 is 1.06 bits per heavy atom. The van der Waals surface area contributed by atoms with E-state index in [0.717, 1.165) is 27.1 Å². The molecule has 0 fully saturated rings. The molecule has 0 atom stereocenters. The number of Topliss-reactive ketones (excluding diaryl/α,β-unsaturated/α-hetero) is 1. The summed E-state index contributed by atoms with van der Waals surface area (Å²) < 4.78 is 9.67. The molecular formula is C25H27NO7. The quantitative estimate of drug-likeness (QED) is 0.106. The lowest BCUT2D eigenvalue weighted by atomic mass is 9.81. The van der Waals surface area contributed by atoms with Gasteiger partial charge in [0.25, 0.3) is 5.69 Å². The van der Waals surface area contributed by atoms with E-state index in [9.17, 15) is 24.5 Å². The Balaban J connectivity index is 3.26. The van der Waals surface area contributed by atoms with Gasteiger partial charge in [-0.2, -0.15) is 0 Å². The van der Waals surface area contributed by atoms with Crippen LogP contribution in [0.3, 0.4) is 0 Å². The van der Waals surface area contributed by atoms with Gasteiger partial charge in [0.05, 0.1) is 24.7 Å². The van der Waals surface area contributed by atoms with E-state index in [0.29, 0.717) is 17.6 Å². The van der Waals surface area contributed by atoms with Crippen LogP contribution in [-0.2, 0) is 23.9 Å². The third-order valence-corrected chi connectivity index (χ3v) is 4.75. The fraction of sp³-hybridized carbons (Fsp3) is 0.400. The summed E-state index contributed by atoms with van der Waals surface area (Å²) in [5.74, 6) is 9.10. The van der Waals surface area contributed by atoms with Crippen molar-refractivity contribution in [1.29, 1.82) is 0 Å². The van der Waals surface area contributed by atoms with Crippen molar-refractivity contribution < 1.29 is 28.8 Å². The second-order valence-corrected chi connectivity index (χ2v) is 7.14. The highest BCUT2D eigenvalue weighted by Crippen LogP contribution is 2.30. The molecule has 174 valence electrons. The van der Waals surface area contributed by atoms with Gasteiger partial charge >= 0.3 is 11.9 Å². The summed E-state index contributed by atoms with van der Waals surface area (Å²) in [5, 5.41) is 10.8. The lowest BCUT2D eigenvalue weighted by Gasteiger charge is -2.24. The van der Waals surface area contributed by atoms with Gasteiger partial charge in [-0.05, 0) is 25.5 Å². The summed E-state index contributed by atoms with van der Waals surface area (Å²) in [4.78, 5) is 47.3. The van der Waals surface area contributed by atoms with Gasteiger partial charge < -0.3 is 9.47 Å². The van der Waals surface area contributed by atoms with Crippen molar-refractivity contribution in [3.63, 3.8) is 0 Å². The fourth-order valence-corrected chi connectivity index (χ4v) is 2.81. The molecule has 0 unspecified atom stereocenters. The molecule has 1 aromatic rings. The van der Waals surface area contributed by atoms with Crippen molar-refractivity contribution in [1.82, 2.24) is 0 Å². The van der Waals surface area contributed by atoms with Gasteiger partial charge in [0.15, 0.2) is 11.2 Å². The number of ketones is 1. The van der Waals surface area contributed by atoms with E-state index in [1.54, 1.807) is 6.08 Å². The van der Waals surface area contributed by atoms with Crippen LogP contribution in [0.2, 0.25) is 0 Å². The van der Waals surface area contributed by atoms with Crippen LogP contribution in [0.1, 0.15) is 51.5 Å². The first-order chi connectivity index (χ1) is 15.7. The van der Waals surface area contributed by atoms with Crippen molar-refractivity contribution in [3.8, 4) is 23.7 Å². The zero-order chi connectivity index (χ0) is 24.9. The molecule has 8 nitrogen and oxygen atoms in total. The molecule has 0 saturated carbocycles. The molecule has 0 aliphatic carbocycles. The van der Waals surface area contributed by atoms with Gasteiger partial charge in [-0.25, -0.2) is 0 Å². The van der Waals surface area contributed by atoms with Gasteiger partial charge in [-0.1, -0.05) is 49.5 Å². The second-order valence-electron chi connectivity index (χ2n) is 7.14. The highest BCUT2D eigenvalue weighted by molar-refractivity contribution is 6.01. The maximum atomic E-state index is 12.6. The number of unbranched alkanes of at least 4 members (excludes halogenated alkanes) is 2. The number of ether oxygens (including phenoxy) is 2. The Morgan fingerprint density at radius 2 is 1.64 bits per heavy atom. The van der Waals surface area contributed by atoms with E-state index >= 15 is 0 Å². The maximum absolute atomic E-state index is 12.6. The molecular weight excluding hydrogens is 426 g/mol. The van der Waals surface area contributed by atoms with Gasteiger partial charge in [0.1, 0.15) is 0 Å². The summed E-state index contributed by atoms with van der Waals surface area (Å²) >= 11 is 0. The molecule has 0 N–H and O–H groups in total. The Labute approximate surface area is 193 Å². The highest BCUT2D eigenvalue weighted by Gasteiger charge is 2.47. The first-order valence-electron chi connectivity index (χ1n) is 10.3. The summed E-state index contributed by atoms with van der Waals surface area (Å²) in [7, 11) is 2.28. The number of carbonyl (C=O) groups is 3. The Bertz CT molecular complexity index is 1010. The van der Waals surface area contributed by atoms with E-state index in [1.807, 2.05) is 6.92 Å². The number of hydrogen-bond acceptors (Lipinski definition) is 7. The van der Waals surface area contributed by atoms with Gasteiger partial charge in [0, 0.05) is 30.5 Å². The monoisotopic (exact) mass is 453 g/mol. The number of non-ortho nitro benzene ring substituents is 1. The van der Waals surface area contributed by atoms with Crippen LogP contribution in [-0.4, -0.2) is 36.9 Å². The van der Waals surface area contributed by atoms with Crippen LogP contribution < -0.4 is 0 Å². The van der Waals surface area contributed by atoms with E-state index in [1.165, 1.54) is 31.2 Å². The number of methoxy groups -OCH3 is 2. The number of esters is 2. The van der Waals surface area contributed by atoms with Gasteiger partial charge in [0.2, 0.25) is 0 Å². The zero-order valence-electron chi connectivity index (χ0n) is 19.2. The molecule has 33 heavy (non-hydrogen) atoms. The van der Waals surface area contributed by atoms with Crippen LogP contribution in [0.15, 0.2) is 35.9 Å². The van der Waals surface area contributed by atoms with E-state index in [-0.39, 0.29) is 24.3 Å². The molecule has 1 aromatic carbocycles. The minimum Gasteiger partial charge on any atom is -0.468 e. The number of benzene rings is 1. The summed E-state index contributed by atoms with van der Waals surface area (Å²) in [5.41, 5.74) is -1.12. The van der Waals surface area contributed by atoms with E-state index < -0.39 is 22.3 Å². The van der Waals surface area contributed by atoms with Crippen LogP contribution in [0, 0.1) is 39.2 Å². The molecule has 8 heteroatoms. The number of nitrogens with zero attached hydrogens (tertiary/aromatic N) is 1. The van der Waals surface area contributed by atoms with Crippen molar-refractivity contribution >= 4 is 23.4 Å². The summed E-state index contributed by atoms with van der Waals surface area (Å²) in [6, 6.07) is 5.53. The minimum atomic E-state index is -1.81. The molecule has 0 bridgehead atoms. The zero-order valence-corrected chi connectivity index (χ0v) is 19.2. The first kappa shape index (κ1) is 27.1. The average Bonchev–Trinajstić information content (AvgIpc) is 2.81. The number of hydrogen-bond donors (Lipinski definition) is 0. The van der Waals surface area contributed by atoms with Crippen LogP contribution in [0.25, 0.3) is 0 Å². The van der Waals surface area contributed by atoms with Crippen LogP contribution in [0.5, 0.6) is 0 Å². The normalized spacial score (nSPS) is 10.7. The predicted octanol–water partition coefficient (Wildman–Crippen LogP) is 3.77. The molecule has 0 aliphatic heterocycles. The number of nitro groups is 1. The number of nitro benzene ring substituents is 1. The third kappa shape index (κ3) is 7.93. The topological polar surface area (TPSA) is 113 Å². The molecule has 0 aromatic heterocycles. The average molecular weight is 453 g/mol. The lowest BCUT2D eigenvalue weighted by Crippen LogP contribution is -2.40. The third-order valence-electron chi connectivity index (χ3n) is 4.75. The largest absolute Gasteiger partial charge is 0.468 e. The van der Waals surface area contributed by atoms with Crippen LogP contribution in [0.4, 0.5) is 5.69 Å². The van der Waals surface area contributed by atoms with Crippen molar-refractivity contribution in [2.75, 3.05) is 14.2 Å². The molecule has 0 radical (unpaired) electrons.